The number of halogens is 1. The molecule has 29 heavy (non-hydrogen) atoms. The van der Waals surface area contributed by atoms with Crippen LogP contribution < -0.4 is 24.3 Å². The fourth-order valence-electron chi connectivity index (χ4n) is 2.97. The van der Waals surface area contributed by atoms with E-state index in [2.05, 4.69) is 10.2 Å². The molecule has 0 radical (unpaired) electrons. The van der Waals surface area contributed by atoms with Crippen molar-refractivity contribution in [3.63, 3.8) is 0 Å². The summed E-state index contributed by atoms with van der Waals surface area (Å²) in [6, 6.07) is 9.32. The third-order valence-electron chi connectivity index (χ3n) is 4.34. The molecule has 4 rings (SSSR count). The van der Waals surface area contributed by atoms with E-state index in [-0.39, 0.29) is 11.4 Å². The van der Waals surface area contributed by atoms with Gasteiger partial charge in [-0.3, -0.25) is 4.79 Å². The summed E-state index contributed by atoms with van der Waals surface area (Å²) < 4.78 is 31.1. The van der Waals surface area contributed by atoms with Crippen molar-refractivity contribution < 1.29 is 18.6 Å². The van der Waals surface area contributed by atoms with Crippen molar-refractivity contribution in [3.8, 4) is 28.6 Å². The summed E-state index contributed by atoms with van der Waals surface area (Å²) in [5, 5.41) is 8.28. The van der Waals surface area contributed by atoms with Gasteiger partial charge in [0.15, 0.2) is 17.3 Å². The van der Waals surface area contributed by atoms with Gasteiger partial charge < -0.3 is 14.2 Å². The predicted octanol–water partition coefficient (Wildman–Crippen LogP) is 2.53. The number of fused-ring (bicyclic) bond motifs is 1. The molecule has 0 saturated carbocycles. The molecule has 0 spiro atoms. The van der Waals surface area contributed by atoms with E-state index in [0.717, 1.165) is 5.56 Å². The van der Waals surface area contributed by atoms with Crippen LogP contribution >= 0.6 is 11.3 Å². The second kappa shape index (κ2) is 7.51. The summed E-state index contributed by atoms with van der Waals surface area (Å²) in [6.07, 6.45) is 1.69. The van der Waals surface area contributed by atoms with E-state index in [1.165, 1.54) is 49.2 Å². The maximum atomic E-state index is 13.1. The van der Waals surface area contributed by atoms with Crippen LogP contribution in [0.1, 0.15) is 5.56 Å². The van der Waals surface area contributed by atoms with Crippen LogP contribution in [0.2, 0.25) is 0 Å². The summed E-state index contributed by atoms with van der Waals surface area (Å²) in [4.78, 5) is 13.4. The van der Waals surface area contributed by atoms with Crippen molar-refractivity contribution in [1.82, 2.24) is 14.6 Å². The quantitative estimate of drug-likeness (QED) is 0.501. The molecule has 0 aliphatic rings. The molecule has 0 bridgehead atoms. The molecule has 0 atom stereocenters. The summed E-state index contributed by atoms with van der Waals surface area (Å²) in [7, 11) is 4.54. The first kappa shape index (κ1) is 18.9. The molecule has 2 aromatic heterocycles. The average molecular weight is 413 g/mol. The summed E-state index contributed by atoms with van der Waals surface area (Å²) in [6.45, 7) is 0. The van der Waals surface area contributed by atoms with Gasteiger partial charge in [0.1, 0.15) is 5.82 Å². The van der Waals surface area contributed by atoms with Crippen molar-refractivity contribution in [2.45, 2.75) is 0 Å². The number of nitrogens with zero attached hydrogens (tertiary/aromatic N) is 3. The highest BCUT2D eigenvalue weighted by atomic mass is 32.1. The first-order valence-corrected chi connectivity index (χ1v) is 9.33. The number of ether oxygens (including phenoxy) is 3. The van der Waals surface area contributed by atoms with Crippen molar-refractivity contribution in [2.75, 3.05) is 21.3 Å². The number of aromatic nitrogens is 3. The van der Waals surface area contributed by atoms with Gasteiger partial charge in [0.05, 0.1) is 25.9 Å². The number of methoxy groups -OCH3 is 3. The Balaban J connectivity index is 1.90. The number of rotatable bonds is 5. The number of hydrogen-bond donors (Lipinski definition) is 0. The summed E-state index contributed by atoms with van der Waals surface area (Å²) in [5.74, 6) is 1.36. The molecule has 2 aromatic carbocycles. The largest absolute Gasteiger partial charge is 0.493 e. The Hall–Kier alpha value is -3.46. The normalized spacial score (nSPS) is 11.8. The monoisotopic (exact) mass is 413 g/mol. The Kier molecular flexibility index (Phi) is 4.89. The van der Waals surface area contributed by atoms with E-state index in [0.29, 0.717) is 38.1 Å². The molecule has 0 fully saturated rings. The van der Waals surface area contributed by atoms with Gasteiger partial charge in [0.25, 0.3) is 5.56 Å². The lowest BCUT2D eigenvalue weighted by molar-refractivity contribution is 0.324. The molecule has 2 heterocycles. The lowest BCUT2D eigenvalue weighted by atomic mass is 10.1. The van der Waals surface area contributed by atoms with E-state index in [9.17, 15) is 9.18 Å². The van der Waals surface area contributed by atoms with Crippen LogP contribution in [-0.4, -0.2) is 35.9 Å². The molecule has 0 aliphatic carbocycles. The van der Waals surface area contributed by atoms with Gasteiger partial charge in [0.2, 0.25) is 10.7 Å². The van der Waals surface area contributed by atoms with Gasteiger partial charge >= 0.3 is 0 Å². The Morgan fingerprint density at radius 2 is 1.66 bits per heavy atom. The molecular weight excluding hydrogens is 397 g/mol. The molecule has 0 aliphatic heterocycles. The highest BCUT2D eigenvalue weighted by Crippen LogP contribution is 2.40. The minimum absolute atomic E-state index is 0.261. The van der Waals surface area contributed by atoms with Gasteiger partial charge in [-0.15, -0.1) is 10.2 Å². The van der Waals surface area contributed by atoms with Crippen molar-refractivity contribution in [2.24, 2.45) is 0 Å². The summed E-state index contributed by atoms with van der Waals surface area (Å²) in [5.41, 5.74) is 1.05. The van der Waals surface area contributed by atoms with Crippen LogP contribution in [0, 0.1) is 5.82 Å². The van der Waals surface area contributed by atoms with Gasteiger partial charge in [-0.05, 0) is 35.9 Å². The molecule has 9 heteroatoms. The third kappa shape index (κ3) is 3.29. The Labute approximate surface area is 168 Å². The van der Waals surface area contributed by atoms with Crippen molar-refractivity contribution in [3.05, 3.63) is 62.7 Å². The van der Waals surface area contributed by atoms with Crippen LogP contribution in [0.15, 0.2) is 41.2 Å². The van der Waals surface area contributed by atoms with Crippen LogP contribution in [0.3, 0.4) is 0 Å². The van der Waals surface area contributed by atoms with Crippen LogP contribution in [0.5, 0.6) is 17.2 Å². The maximum absolute atomic E-state index is 13.1. The number of benzene rings is 2. The number of thiazole rings is 1. The van der Waals surface area contributed by atoms with Crippen LogP contribution in [0.4, 0.5) is 4.39 Å². The second-order valence-corrected chi connectivity index (χ2v) is 7.03. The topological polar surface area (TPSA) is 75.0 Å². The zero-order valence-corrected chi connectivity index (χ0v) is 16.6. The first-order chi connectivity index (χ1) is 14.0. The Bertz CT molecular complexity index is 1270. The molecular formula is C20H16FN3O4S. The molecule has 0 amide bonds. The van der Waals surface area contributed by atoms with Gasteiger partial charge in [-0.1, -0.05) is 23.5 Å². The SMILES string of the molecule is COc1cc(-c2nnc3s/c(=C\c4ccc(F)cc4)c(=O)n23)cc(OC)c1OC. The van der Waals surface area contributed by atoms with Crippen molar-refractivity contribution in [1.29, 1.82) is 0 Å². The molecule has 0 saturated heterocycles. The standard InChI is InChI=1S/C20H16FN3O4S/c1-26-14-9-12(10-15(27-2)17(14)28-3)18-22-23-20-24(18)19(25)16(29-20)8-11-4-6-13(21)7-5-11/h4-10H,1-3H3/b16-8-. The molecule has 0 N–H and O–H groups in total. The second-order valence-electron chi connectivity index (χ2n) is 6.02. The van der Waals surface area contributed by atoms with Gasteiger partial charge in [0, 0.05) is 5.56 Å². The predicted molar refractivity (Wildman–Crippen MR) is 107 cm³/mol. The van der Waals surface area contributed by atoms with E-state index < -0.39 is 0 Å². The Morgan fingerprint density at radius 1 is 1.00 bits per heavy atom. The molecule has 7 nitrogen and oxygen atoms in total. The molecule has 4 aromatic rings. The van der Waals surface area contributed by atoms with Crippen LogP contribution in [0.25, 0.3) is 22.4 Å². The van der Waals surface area contributed by atoms with E-state index in [1.54, 1.807) is 30.3 Å². The average Bonchev–Trinajstić information content (AvgIpc) is 3.29. The van der Waals surface area contributed by atoms with E-state index in [4.69, 9.17) is 14.2 Å². The molecule has 148 valence electrons. The fraction of sp³-hybridized carbons (Fsp3) is 0.150. The number of hydrogen-bond acceptors (Lipinski definition) is 7. The minimum atomic E-state index is -0.334. The summed E-state index contributed by atoms with van der Waals surface area (Å²) >= 11 is 1.21. The lowest BCUT2D eigenvalue weighted by Gasteiger charge is -2.13. The van der Waals surface area contributed by atoms with E-state index >= 15 is 0 Å². The van der Waals surface area contributed by atoms with Crippen LogP contribution in [-0.2, 0) is 0 Å². The van der Waals surface area contributed by atoms with E-state index in [1.807, 2.05) is 0 Å². The zero-order chi connectivity index (χ0) is 20.5. The lowest BCUT2D eigenvalue weighted by Crippen LogP contribution is -2.23. The first-order valence-electron chi connectivity index (χ1n) is 8.51. The highest BCUT2D eigenvalue weighted by Gasteiger charge is 2.19. The van der Waals surface area contributed by atoms with Gasteiger partial charge in [-0.25, -0.2) is 8.79 Å². The maximum Gasteiger partial charge on any atom is 0.276 e. The minimum Gasteiger partial charge on any atom is -0.493 e. The smallest absolute Gasteiger partial charge is 0.276 e. The highest BCUT2D eigenvalue weighted by molar-refractivity contribution is 7.15. The molecule has 0 unspecified atom stereocenters. The third-order valence-corrected chi connectivity index (χ3v) is 5.30. The zero-order valence-electron chi connectivity index (χ0n) is 15.8. The van der Waals surface area contributed by atoms with Gasteiger partial charge in [-0.2, -0.15) is 0 Å². The fourth-order valence-corrected chi connectivity index (χ4v) is 3.88. The van der Waals surface area contributed by atoms with Crippen molar-refractivity contribution >= 4 is 22.4 Å². The Morgan fingerprint density at radius 3 is 2.24 bits per heavy atom.